The Bertz CT molecular complexity index is 571. The number of nitrogens with zero attached hydrogens (tertiary/aromatic N) is 3. The fourth-order valence-electron chi connectivity index (χ4n) is 3.90. The fourth-order valence-corrected chi connectivity index (χ4v) is 3.90. The molecule has 0 bridgehead atoms. The Balaban J connectivity index is 1.49. The van der Waals surface area contributed by atoms with Crippen molar-refractivity contribution in [2.45, 2.75) is 38.3 Å². The number of piperazine rings is 1. The lowest BCUT2D eigenvalue weighted by Crippen LogP contribution is -2.51. The molecule has 0 radical (unpaired) electrons. The van der Waals surface area contributed by atoms with Crippen LogP contribution in [0.1, 0.15) is 26.2 Å². The lowest BCUT2D eigenvalue weighted by atomic mass is 10.1. The van der Waals surface area contributed by atoms with Crippen molar-refractivity contribution < 1.29 is 14.3 Å². The lowest BCUT2D eigenvalue weighted by molar-refractivity contribution is -0.133. The molecule has 2 aliphatic heterocycles. The third kappa shape index (κ3) is 4.70. The Labute approximate surface area is 149 Å². The van der Waals surface area contributed by atoms with Gasteiger partial charge in [0.05, 0.1) is 12.6 Å². The van der Waals surface area contributed by atoms with E-state index in [9.17, 15) is 14.3 Å². The maximum absolute atomic E-state index is 13.0. The molecule has 2 aliphatic rings. The van der Waals surface area contributed by atoms with Gasteiger partial charge in [-0.25, -0.2) is 4.39 Å². The van der Waals surface area contributed by atoms with Crippen LogP contribution in [0.25, 0.3) is 0 Å². The lowest BCUT2D eigenvalue weighted by Gasteiger charge is -2.37. The molecule has 2 fully saturated rings. The number of rotatable bonds is 5. The van der Waals surface area contributed by atoms with Gasteiger partial charge >= 0.3 is 0 Å². The van der Waals surface area contributed by atoms with E-state index in [0.29, 0.717) is 25.7 Å². The normalized spacial score (nSPS) is 23.1. The summed E-state index contributed by atoms with van der Waals surface area (Å²) in [5, 5.41) is 9.62. The average molecular weight is 349 g/mol. The van der Waals surface area contributed by atoms with Crippen LogP contribution < -0.4 is 4.90 Å². The molecule has 2 unspecified atom stereocenters. The maximum Gasteiger partial charge on any atom is 0.236 e. The number of carbonyl (C=O) groups is 1. The van der Waals surface area contributed by atoms with Gasteiger partial charge in [0.25, 0.3) is 0 Å². The number of aliphatic hydroxyl groups excluding tert-OH is 1. The molecular formula is C19H28FN3O2. The quantitative estimate of drug-likeness (QED) is 0.879. The zero-order valence-electron chi connectivity index (χ0n) is 14.9. The molecule has 0 aliphatic carbocycles. The maximum atomic E-state index is 13.0. The number of hydrogen-bond acceptors (Lipinski definition) is 4. The highest BCUT2D eigenvalue weighted by Crippen LogP contribution is 2.22. The molecule has 1 aromatic rings. The van der Waals surface area contributed by atoms with Gasteiger partial charge in [0.2, 0.25) is 5.91 Å². The summed E-state index contributed by atoms with van der Waals surface area (Å²) in [4.78, 5) is 19.0. The Morgan fingerprint density at radius 2 is 1.88 bits per heavy atom. The summed E-state index contributed by atoms with van der Waals surface area (Å²) in [6.45, 7) is 6.15. The summed E-state index contributed by atoms with van der Waals surface area (Å²) in [6.07, 6.45) is 2.59. The molecule has 0 saturated carbocycles. The summed E-state index contributed by atoms with van der Waals surface area (Å²) in [7, 11) is 0. The molecule has 3 rings (SSSR count). The second-order valence-electron chi connectivity index (χ2n) is 7.20. The SMILES string of the molecule is CC(O)CC1CCCN1CC(=O)N1CCN(c2ccc(F)cc2)CC1. The van der Waals surface area contributed by atoms with E-state index in [1.54, 1.807) is 12.1 Å². The van der Waals surface area contributed by atoms with Gasteiger partial charge < -0.3 is 14.9 Å². The first-order valence-electron chi connectivity index (χ1n) is 9.23. The number of likely N-dealkylation sites (tertiary alicyclic amines) is 1. The van der Waals surface area contributed by atoms with Gasteiger partial charge in [0, 0.05) is 37.9 Å². The first-order valence-corrected chi connectivity index (χ1v) is 9.23. The Kier molecular flexibility index (Phi) is 5.91. The summed E-state index contributed by atoms with van der Waals surface area (Å²) < 4.78 is 13.0. The molecule has 0 spiro atoms. The number of halogens is 1. The monoisotopic (exact) mass is 349 g/mol. The fraction of sp³-hybridized carbons (Fsp3) is 0.632. The van der Waals surface area contributed by atoms with Gasteiger partial charge in [-0.3, -0.25) is 9.69 Å². The van der Waals surface area contributed by atoms with Crippen molar-refractivity contribution in [3.8, 4) is 0 Å². The highest BCUT2D eigenvalue weighted by atomic mass is 19.1. The van der Waals surface area contributed by atoms with Crippen LogP contribution in [0.4, 0.5) is 10.1 Å². The van der Waals surface area contributed by atoms with Crippen LogP contribution in [0.2, 0.25) is 0 Å². The van der Waals surface area contributed by atoms with Crippen LogP contribution in [0, 0.1) is 5.82 Å². The van der Waals surface area contributed by atoms with Crippen LogP contribution in [0.3, 0.4) is 0 Å². The number of hydrogen-bond donors (Lipinski definition) is 1. The summed E-state index contributed by atoms with van der Waals surface area (Å²) in [5.41, 5.74) is 1.00. The first kappa shape index (κ1) is 18.1. The minimum absolute atomic E-state index is 0.177. The third-order valence-corrected chi connectivity index (χ3v) is 5.27. The van der Waals surface area contributed by atoms with E-state index in [0.717, 1.165) is 44.6 Å². The van der Waals surface area contributed by atoms with Crippen molar-refractivity contribution in [3.63, 3.8) is 0 Å². The van der Waals surface area contributed by atoms with Gasteiger partial charge in [0.15, 0.2) is 0 Å². The number of carbonyl (C=O) groups excluding carboxylic acids is 1. The number of benzene rings is 1. The highest BCUT2D eigenvalue weighted by molar-refractivity contribution is 5.78. The van der Waals surface area contributed by atoms with Crippen molar-refractivity contribution in [1.29, 1.82) is 0 Å². The number of anilines is 1. The summed E-state index contributed by atoms with van der Waals surface area (Å²) in [5.74, 6) is -0.0498. The van der Waals surface area contributed by atoms with E-state index in [-0.39, 0.29) is 17.8 Å². The van der Waals surface area contributed by atoms with Gasteiger partial charge in [-0.2, -0.15) is 0 Å². The Morgan fingerprint density at radius 3 is 2.52 bits per heavy atom. The summed E-state index contributed by atoms with van der Waals surface area (Å²) >= 11 is 0. The minimum Gasteiger partial charge on any atom is -0.393 e. The molecule has 2 heterocycles. The van der Waals surface area contributed by atoms with Crippen LogP contribution in [0.15, 0.2) is 24.3 Å². The van der Waals surface area contributed by atoms with Gasteiger partial charge in [-0.05, 0) is 57.0 Å². The topological polar surface area (TPSA) is 47.0 Å². The molecule has 138 valence electrons. The van der Waals surface area contributed by atoms with E-state index < -0.39 is 0 Å². The number of amides is 1. The molecule has 1 aromatic carbocycles. The van der Waals surface area contributed by atoms with Crippen LogP contribution in [-0.4, -0.2) is 72.2 Å². The highest BCUT2D eigenvalue weighted by Gasteiger charge is 2.29. The van der Waals surface area contributed by atoms with Crippen molar-refractivity contribution >= 4 is 11.6 Å². The predicted molar refractivity (Wildman–Crippen MR) is 96.1 cm³/mol. The average Bonchev–Trinajstić information content (AvgIpc) is 3.02. The van der Waals surface area contributed by atoms with E-state index in [4.69, 9.17) is 0 Å². The molecule has 25 heavy (non-hydrogen) atoms. The molecule has 2 saturated heterocycles. The predicted octanol–water partition coefficient (Wildman–Crippen LogP) is 1.71. The minimum atomic E-state index is -0.319. The van der Waals surface area contributed by atoms with E-state index in [1.807, 2.05) is 11.8 Å². The smallest absolute Gasteiger partial charge is 0.236 e. The van der Waals surface area contributed by atoms with Crippen LogP contribution in [0.5, 0.6) is 0 Å². The van der Waals surface area contributed by atoms with Crippen molar-refractivity contribution in [3.05, 3.63) is 30.1 Å². The third-order valence-electron chi connectivity index (χ3n) is 5.27. The van der Waals surface area contributed by atoms with E-state index in [2.05, 4.69) is 9.80 Å². The second kappa shape index (κ2) is 8.15. The van der Waals surface area contributed by atoms with Crippen molar-refractivity contribution in [1.82, 2.24) is 9.80 Å². The zero-order chi connectivity index (χ0) is 17.8. The summed E-state index contributed by atoms with van der Waals surface area (Å²) in [6, 6.07) is 6.85. The molecule has 2 atom stereocenters. The van der Waals surface area contributed by atoms with Gasteiger partial charge in [-0.15, -0.1) is 0 Å². The van der Waals surface area contributed by atoms with Crippen molar-refractivity contribution in [2.24, 2.45) is 0 Å². The number of aliphatic hydroxyl groups is 1. The Hall–Kier alpha value is -1.66. The molecular weight excluding hydrogens is 321 g/mol. The molecule has 6 heteroatoms. The standard InChI is InChI=1S/C19H28FN3O2/c1-15(24)13-18-3-2-8-23(18)14-19(25)22-11-9-21(10-12-22)17-6-4-16(20)5-7-17/h4-7,15,18,24H,2-3,8-14H2,1H3. The zero-order valence-corrected chi connectivity index (χ0v) is 14.9. The van der Waals surface area contributed by atoms with Crippen LogP contribution in [-0.2, 0) is 4.79 Å². The largest absolute Gasteiger partial charge is 0.393 e. The molecule has 1 N–H and O–H groups in total. The van der Waals surface area contributed by atoms with Crippen LogP contribution >= 0.6 is 0 Å². The molecule has 1 amide bonds. The van der Waals surface area contributed by atoms with Gasteiger partial charge in [0.1, 0.15) is 5.82 Å². The first-order chi connectivity index (χ1) is 12.0. The molecule has 5 nitrogen and oxygen atoms in total. The van der Waals surface area contributed by atoms with Crippen molar-refractivity contribution in [2.75, 3.05) is 44.2 Å². The Morgan fingerprint density at radius 1 is 1.20 bits per heavy atom. The second-order valence-corrected chi connectivity index (χ2v) is 7.20. The molecule has 0 aromatic heterocycles. The van der Waals surface area contributed by atoms with E-state index >= 15 is 0 Å². The van der Waals surface area contributed by atoms with E-state index in [1.165, 1.54) is 12.1 Å². The van der Waals surface area contributed by atoms with Gasteiger partial charge in [-0.1, -0.05) is 0 Å².